The highest BCUT2D eigenvalue weighted by atomic mass is 79.9. The van der Waals surface area contributed by atoms with Crippen LogP contribution in [0.5, 0.6) is 0 Å². The summed E-state index contributed by atoms with van der Waals surface area (Å²) in [5.41, 5.74) is 0.922. The molecule has 0 aliphatic carbocycles. The van der Waals surface area contributed by atoms with Crippen molar-refractivity contribution in [1.82, 2.24) is 10.2 Å². The number of halogens is 1. The third-order valence-electron chi connectivity index (χ3n) is 2.89. The molecule has 1 fully saturated rings. The molecular weight excluding hydrogens is 328 g/mol. The molecule has 19 heavy (non-hydrogen) atoms. The van der Waals surface area contributed by atoms with E-state index in [-0.39, 0.29) is 0 Å². The average Bonchev–Trinajstić information content (AvgIpc) is 3.08. The molecule has 1 atom stereocenters. The van der Waals surface area contributed by atoms with Crippen LogP contribution in [0.1, 0.15) is 12.8 Å². The zero-order valence-corrected chi connectivity index (χ0v) is 12.6. The molecule has 6 heteroatoms. The molecule has 1 unspecified atom stereocenters. The standard InChI is InChI=1S/C13H13BrN2O2S/c14-10-4-1-3-9(7-10)12-15-16-13(18-12)19-8-11-5-2-6-17-11/h1,3-4,7,11H,2,5-6,8H2. The van der Waals surface area contributed by atoms with Crippen molar-refractivity contribution in [1.29, 1.82) is 0 Å². The maximum absolute atomic E-state index is 5.65. The van der Waals surface area contributed by atoms with Gasteiger partial charge in [-0.1, -0.05) is 33.8 Å². The molecule has 0 bridgehead atoms. The van der Waals surface area contributed by atoms with Crippen LogP contribution in [0.3, 0.4) is 0 Å². The Kier molecular flexibility index (Phi) is 4.20. The van der Waals surface area contributed by atoms with Gasteiger partial charge >= 0.3 is 0 Å². The van der Waals surface area contributed by atoms with Gasteiger partial charge in [0.1, 0.15) is 0 Å². The molecule has 3 rings (SSSR count). The second-order valence-electron chi connectivity index (χ2n) is 4.33. The quantitative estimate of drug-likeness (QED) is 0.793. The van der Waals surface area contributed by atoms with Crippen molar-refractivity contribution in [2.45, 2.75) is 24.2 Å². The van der Waals surface area contributed by atoms with Crippen LogP contribution in [0, 0.1) is 0 Å². The first-order valence-electron chi connectivity index (χ1n) is 6.15. The van der Waals surface area contributed by atoms with E-state index in [0.717, 1.165) is 35.2 Å². The summed E-state index contributed by atoms with van der Waals surface area (Å²) >= 11 is 4.99. The summed E-state index contributed by atoms with van der Waals surface area (Å²) in [6.45, 7) is 0.873. The van der Waals surface area contributed by atoms with Gasteiger partial charge in [0, 0.05) is 22.4 Å². The number of rotatable bonds is 4. The molecule has 0 saturated carbocycles. The molecule has 0 spiro atoms. The van der Waals surface area contributed by atoms with Crippen LogP contribution < -0.4 is 0 Å². The summed E-state index contributed by atoms with van der Waals surface area (Å²) in [5.74, 6) is 1.43. The fraction of sp³-hybridized carbons (Fsp3) is 0.385. The molecule has 100 valence electrons. The molecule has 0 amide bonds. The maximum atomic E-state index is 5.65. The highest BCUT2D eigenvalue weighted by molar-refractivity contribution is 9.10. The van der Waals surface area contributed by atoms with Crippen LogP contribution in [-0.2, 0) is 4.74 Å². The van der Waals surface area contributed by atoms with Gasteiger partial charge in [-0.15, -0.1) is 10.2 Å². The first-order chi connectivity index (χ1) is 9.31. The minimum absolute atomic E-state index is 0.325. The Balaban J connectivity index is 1.65. The lowest BCUT2D eigenvalue weighted by atomic mass is 10.2. The lowest BCUT2D eigenvalue weighted by Crippen LogP contribution is -2.07. The number of hydrogen-bond acceptors (Lipinski definition) is 5. The van der Waals surface area contributed by atoms with E-state index in [9.17, 15) is 0 Å². The Morgan fingerprint density at radius 3 is 3.11 bits per heavy atom. The molecule has 2 heterocycles. The Morgan fingerprint density at radius 2 is 2.32 bits per heavy atom. The van der Waals surface area contributed by atoms with Crippen molar-refractivity contribution >= 4 is 27.7 Å². The molecule has 0 radical (unpaired) electrons. The third kappa shape index (κ3) is 3.38. The molecule has 4 nitrogen and oxygen atoms in total. The van der Waals surface area contributed by atoms with Crippen LogP contribution in [0.25, 0.3) is 11.5 Å². The van der Waals surface area contributed by atoms with Gasteiger partial charge in [0.25, 0.3) is 5.22 Å². The second kappa shape index (κ2) is 6.07. The zero-order valence-electron chi connectivity index (χ0n) is 10.2. The average molecular weight is 341 g/mol. The van der Waals surface area contributed by atoms with Gasteiger partial charge in [0.15, 0.2) is 0 Å². The number of aromatic nitrogens is 2. The van der Waals surface area contributed by atoms with E-state index >= 15 is 0 Å². The Bertz CT molecular complexity index is 555. The van der Waals surface area contributed by atoms with Crippen LogP contribution >= 0.6 is 27.7 Å². The van der Waals surface area contributed by atoms with Gasteiger partial charge in [0.05, 0.1) is 6.10 Å². The second-order valence-corrected chi connectivity index (χ2v) is 6.22. The van der Waals surface area contributed by atoms with Crippen molar-refractivity contribution < 1.29 is 9.15 Å². The zero-order chi connectivity index (χ0) is 13.1. The van der Waals surface area contributed by atoms with Crippen molar-refractivity contribution in [2.75, 3.05) is 12.4 Å². The maximum Gasteiger partial charge on any atom is 0.276 e. The van der Waals surface area contributed by atoms with E-state index in [4.69, 9.17) is 9.15 Å². The van der Waals surface area contributed by atoms with Gasteiger partial charge in [-0.25, -0.2) is 0 Å². The number of benzene rings is 1. The van der Waals surface area contributed by atoms with Gasteiger partial charge in [-0.05, 0) is 31.0 Å². The van der Waals surface area contributed by atoms with E-state index in [0.29, 0.717) is 17.2 Å². The van der Waals surface area contributed by atoms with Crippen molar-refractivity contribution in [3.8, 4) is 11.5 Å². The lowest BCUT2D eigenvalue weighted by molar-refractivity contribution is 0.128. The highest BCUT2D eigenvalue weighted by Crippen LogP contribution is 2.27. The number of thioether (sulfide) groups is 1. The molecule has 1 aromatic carbocycles. The third-order valence-corrected chi connectivity index (χ3v) is 4.34. The topological polar surface area (TPSA) is 48.2 Å². The fourth-order valence-electron chi connectivity index (χ4n) is 1.95. The summed E-state index contributed by atoms with van der Waals surface area (Å²) in [4.78, 5) is 0. The molecule has 0 N–H and O–H groups in total. The molecule has 1 aromatic heterocycles. The van der Waals surface area contributed by atoms with Gasteiger partial charge < -0.3 is 9.15 Å². The monoisotopic (exact) mass is 340 g/mol. The Morgan fingerprint density at radius 1 is 1.37 bits per heavy atom. The van der Waals surface area contributed by atoms with Crippen molar-refractivity contribution in [3.63, 3.8) is 0 Å². The summed E-state index contributed by atoms with van der Waals surface area (Å²) in [6, 6.07) is 7.82. The normalized spacial score (nSPS) is 18.9. The molecule has 2 aromatic rings. The summed E-state index contributed by atoms with van der Waals surface area (Å²) in [6.07, 6.45) is 2.60. The van der Waals surface area contributed by atoms with Gasteiger partial charge in [-0.3, -0.25) is 0 Å². The van der Waals surface area contributed by atoms with Crippen LogP contribution in [0.2, 0.25) is 0 Å². The van der Waals surface area contributed by atoms with E-state index in [1.54, 1.807) is 11.8 Å². The van der Waals surface area contributed by atoms with Crippen molar-refractivity contribution in [3.05, 3.63) is 28.7 Å². The largest absolute Gasteiger partial charge is 0.411 e. The predicted molar refractivity (Wildman–Crippen MR) is 77.1 cm³/mol. The Labute approximate surface area is 124 Å². The smallest absolute Gasteiger partial charge is 0.276 e. The molecular formula is C13H13BrN2O2S. The predicted octanol–water partition coefficient (Wildman–Crippen LogP) is 3.77. The summed E-state index contributed by atoms with van der Waals surface area (Å²) in [5, 5.41) is 8.73. The van der Waals surface area contributed by atoms with Crippen LogP contribution in [0.4, 0.5) is 0 Å². The van der Waals surface area contributed by atoms with Crippen LogP contribution in [0.15, 0.2) is 38.4 Å². The van der Waals surface area contributed by atoms with Crippen molar-refractivity contribution in [2.24, 2.45) is 0 Å². The molecule has 1 aliphatic heterocycles. The summed E-state index contributed by atoms with van der Waals surface area (Å²) < 4.78 is 12.2. The summed E-state index contributed by atoms with van der Waals surface area (Å²) in [7, 11) is 0. The highest BCUT2D eigenvalue weighted by Gasteiger charge is 2.17. The number of ether oxygens (including phenoxy) is 1. The minimum Gasteiger partial charge on any atom is -0.411 e. The first kappa shape index (κ1) is 13.1. The van der Waals surface area contributed by atoms with Gasteiger partial charge in [0.2, 0.25) is 5.89 Å². The SMILES string of the molecule is Brc1cccc(-c2nnc(SCC3CCCO3)o2)c1. The van der Waals surface area contributed by atoms with Crippen LogP contribution in [-0.4, -0.2) is 28.7 Å². The molecule has 1 saturated heterocycles. The Hall–Kier alpha value is -0.850. The van der Waals surface area contributed by atoms with E-state index < -0.39 is 0 Å². The van der Waals surface area contributed by atoms with E-state index in [1.807, 2.05) is 24.3 Å². The van der Waals surface area contributed by atoms with Gasteiger partial charge in [-0.2, -0.15) is 0 Å². The number of hydrogen-bond donors (Lipinski definition) is 0. The first-order valence-corrected chi connectivity index (χ1v) is 7.93. The minimum atomic E-state index is 0.325. The fourth-order valence-corrected chi connectivity index (χ4v) is 3.17. The lowest BCUT2D eigenvalue weighted by Gasteiger charge is -2.05. The van der Waals surface area contributed by atoms with E-state index in [1.165, 1.54) is 0 Å². The molecule has 1 aliphatic rings. The number of nitrogens with zero attached hydrogens (tertiary/aromatic N) is 2. The van der Waals surface area contributed by atoms with E-state index in [2.05, 4.69) is 26.1 Å².